The minimum Gasteiger partial charge on any atom is -0.371 e. The summed E-state index contributed by atoms with van der Waals surface area (Å²) in [6, 6.07) is 11.3. The molecule has 1 unspecified atom stereocenters. The van der Waals surface area contributed by atoms with Crippen molar-refractivity contribution in [2.75, 3.05) is 31.1 Å². The molecule has 2 aliphatic rings. The van der Waals surface area contributed by atoms with Crippen molar-refractivity contribution in [3.05, 3.63) is 30.3 Å². The van der Waals surface area contributed by atoms with Gasteiger partial charge in [0.1, 0.15) is 0 Å². The van der Waals surface area contributed by atoms with Gasteiger partial charge in [-0.15, -0.1) is 0 Å². The molecular formula is C17H26N2O2. The summed E-state index contributed by atoms with van der Waals surface area (Å²) in [5, 5.41) is 3.64. The summed E-state index contributed by atoms with van der Waals surface area (Å²) in [6.07, 6.45) is 2.56. The van der Waals surface area contributed by atoms with Gasteiger partial charge in [0, 0.05) is 31.4 Å². The monoisotopic (exact) mass is 290 g/mol. The Morgan fingerprint density at radius 2 is 1.90 bits per heavy atom. The highest BCUT2D eigenvalue weighted by Crippen LogP contribution is 2.23. The first-order valence-electron chi connectivity index (χ1n) is 7.97. The fourth-order valence-corrected chi connectivity index (χ4v) is 3.14. The number of nitrogens with zero attached hydrogens (tertiary/aromatic N) is 1. The number of nitrogens with one attached hydrogen (secondary N) is 1. The van der Waals surface area contributed by atoms with Gasteiger partial charge in [-0.1, -0.05) is 18.2 Å². The topological polar surface area (TPSA) is 33.7 Å². The second-order valence-corrected chi connectivity index (χ2v) is 6.46. The Kier molecular flexibility index (Phi) is 4.48. The molecule has 0 radical (unpaired) electrons. The molecule has 21 heavy (non-hydrogen) atoms. The summed E-state index contributed by atoms with van der Waals surface area (Å²) in [7, 11) is 0. The van der Waals surface area contributed by atoms with E-state index in [1.54, 1.807) is 0 Å². The summed E-state index contributed by atoms with van der Waals surface area (Å²) in [6.45, 7) is 7.78. The summed E-state index contributed by atoms with van der Waals surface area (Å²) in [5.41, 5.74) is 1.34. The van der Waals surface area contributed by atoms with Crippen molar-refractivity contribution in [3.8, 4) is 0 Å². The predicted octanol–water partition coefficient (Wildman–Crippen LogP) is 2.40. The Hall–Kier alpha value is -1.10. The van der Waals surface area contributed by atoms with E-state index in [9.17, 15) is 0 Å². The lowest BCUT2D eigenvalue weighted by Gasteiger charge is -2.34. The average Bonchev–Trinajstić information content (AvgIpc) is 2.86. The lowest BCUT2D eigenvalue weighted by Crippen LogP contribution is -2.45. The maximum Gasteiger partial charge on any atom is 0.163 e. The maximum absolute atomic E-state index is 5.84. The minimum absolute atomic E-state index is 0.187. The van der Waals surface area contributed by atoms with E-state index < -0.39 is 5.79 Å². The quantitative estimate of drug-likeness (QED) is 0.923. The molecule has 0 spiro atoms. The molecule has 2 aliphatic heterocycles. The zero-order chi connectivity index (χ0) is 14.7. The van der Waals surface area contributed by atoms with Gasteiger partial charge in [-0.05, 0) is 38.8 Å². The van der Waals surface area contributed by atoms with Crippen LogP contribution in [-0.2, 0) is 9.47 Å². The first-order valence-corrected chi connectivity index (χ1v) is 7.97. The normalized spacial score (nSPS) is 26.2. The number of benzene rings is 1. The molecule has 4 nitrogen and oxygen atoms in total. The molecule has 0 amide bonds. The summed E-state index contributed by atoms with van der Waals surface area (Å²) < 4.78 is 11.4. The zero-order valence-electron chi connectivity index (χ0n) is 13.0. The Balaban J connectivity index is 1.40. The molecule has 0 aromatic heterocycles. The second kappa shape index (κ2) is 6.34. The third kappa shape index (κ3) is 3.96. The fourth-order valence-electron chi connectivity index (χ4n) is 3.14. The molecule has 4 heteroatoms. The Bertz CT molecular complexity index is 441. The number of ether oxygens (including phenoxy) is 2. The molecule has 2 saturated heterocycles. The largest absolute Gasteiger partial charge is 0.371 e. The van der Waals surface area contributed by atoms with E-state index in [-0.39, 0.29) is 6.10 Å². The highest BCUT2D eigenvalue weighted by atomic mass is 16.7. The third-order valence-electron chi connectivity index (χ3n) is 4.32. The molecule has 116 valence electrons. The van der Waals surface area contributed by atoms with E-state index in [0.29, 0.717) is 12.6 Å². The van der Waals surface area contributed by atoms with Crippen LogP contribution in [0.2, 0.25) is 0 Å². The third-order valence-corrected chi connectivity index (χ3v) is 4.32. The van der Waals surface area contributed by atoms with Crippen molar-refractivity contribution in [2.24, 2.45) is 0 Å². The SMILES string of the molecule is CC1(C)OCC(CNC2CCN(c3ccccc3)CC2)O1. The molecule has 1 N–H and O–H groups in total. The molecule has 3 rings (SSSR count). The van der Waals surface area contributed by atoms with Crippen molar-refractivity contribution in [1.29, 1.82) is 0 Å². The van der Waals surface area contributed by atoms with Gasteiger partial charge in [-0.25, -0.2) is 0 Å². The van der Waals surface area contributed by atoms with Gasteiger partial charge in [-0.3, -0.25) is 0 Å². The van der Waals surface area contributed by atoms with Gasteiger partial charge in [-0.2, -0.15) is 0 Å². The van der Waals surface area contributed by atoms with E-state index in [1.165, 1.54) is 18.5 Å². The van der Waals surface area contributed by atoms with Crippen LogP contribution < -0.4 is 10.2 Å². The number of hydrogen-bond acceptors (Lipinski definition) is 4. The molecular weight excluding hydrogens is 264 g/mol. The van der Waals surface area contributed by atoms with Crippen LogP contribution in [0.5, 0.6) is 0 Å². The molecule has 0 saturated carbocycles. The number of hydrogen-bond donors (Lipinski definition) is 1. The van der Waals surface area contributed by atoms with E-state index in [2.05, 4.69) is 40.5 Å². The summed E-state index contributed by atoms with van der Waals surface area (Å²) in [4.78, 5) is 2.47. The highest BCUT2D eigenvalue weighted by molar-refractivity contribution is 5.46. The van der Waals surface area contributed by atoms with Gasteiger partial charge in [0.15, 0.2) is 5.79 Å². The number of piperidine rings is 1. The van der Waals surface area contributed by atoms with E-state index in [1.807, 2.05) is 13.8 Å². The first-order chi connectivity index (χ1) is 10.1. The Morgan fingerprint density at radius 1 is 1.19 bits per heavy atom. The predicted molar refractivity (Wildman–Crippen MR) is 84.6 cm³/mol. The number of para-hydroxylation sites is 1. The van der Waals surface area contributed by atoms with Crippen LogP contribution >= 0.6 is 0 Å². The molecule has 1 aromatic carbocycles. The van der Waals surface area contributed by atoms with Crippen LogP contribution in [0.4, 0.5) is 5.69 Å². The Labute approximate surface area is 127 Å². The van der Waals surface area contributed by atoms with E-state index in [0.717, 1.165) is 19.6 Å². The van der Waals surface area contributed by atoms with Crippen LogP contribution in [-0.4, -0.2) is 44.2 Å². The van der Waals surface area contributed by atoms with Crippen LogP contribution in [0.3, 0.4) is 0 Å². The Morgan fingerprint density at radius 3 is 2.52 bits per heavy atom. The van der Waals surface area contributed by atoms with Crippen LogP contribution in [0, 0.1) is 0 Å². The maximum atomic E-state index is 5.84. The minimum atomic E-state index is -0.414. The summed E-state index contributed by atoms with van der Waals surface area (Å²) >= 11 is 0. The molecule has 0 bridgehead atoms. The van der Waals surface area contributed by atoms with Crippen LogP contribution in [0.15, 0.2) is 30.3 Å². The fraction of sp³-hybridized carbons (Fsp3) is 0.647. The lowest BCUT2D eigenvalue weighted by molar-refractivity contribution is -0.137. The molecule has 2 fully saturated rings. The smallest absolute Gasteiger partial charge is 0.163 e. The van der Waals surface area contributed by atoms with Gasteiger partial charge in [0.05, 0.1) is 12.7 Å². The number of anilines is 1. The van der Waals surface area contributed by atoms with Crippen molar-refractivity contribution in [2.45, 2.75) is 44.6 Å². The molecule has 1 atom stereocenters. The van der Waals surface area contributed by atoms with Gasteiger partial charge in [0.25, 0.3) is 0 Å². The molecule has 1 aromatic rings. The zero-order valence-corrected chi connectivity index (χ0v) is 13.0. The average molecular weight is 290 g/mol. The highest BCUT2D eigenvalue weighted by Gasteiger charge is 2.32. The first kappa shape index (κ1) is 14.8. The summed E-state index contributed by atoms with van der Waals surface area (Å²) in [5.74, 6) is -0.414. The van der Waals surface area contributed by atoms with Gasteiger partial charge < -0.3 is 19.7 Å². The molecule has 2 heterocycles. The lowest BCUT2D eigenvalue weighted by atomic mass is 10.0. The molecule has 0 aliphatic carbocycles. The van der Waals surface area contributed by atoms with Crippen molar-refractivity contribution < 1.29 is 9.47 Å². The standard InChI is InChI=1S/C17H26N2O2/c1-17(2)20-13-16(21-17)12-18-14-8-10-19(11-9-14)15-6-4-3-5-7-15/h3-7,14,16,18H,8-13H2,1-2H3. The number of rotatable bonds is 4. The van der Waals surface area contributed by atoms with Crippen LogP contribution in [0.1, 0.15) is 26.7 Å². The van der Waals surface area contributed by atoms with Crippen molar-refractivity contribution in [1.82, 2.24) is 5.32 Å². The van der Waals surface area contributed by atoms with Crippen molar-refractivity contribution >= 4 is 5.69 Å². The van der Waals surface area contributed by atoms with E-state index >= 15 is 0 Å². The van der Waals surface area contributed by atoms with E-state index in [4.69, 9.17) is 9.47 Å². The van der Waals surface area contributed by atoms with Crippen molar-refractivity contribution in [3.63, 3.8) is 0 Å². The van der Waals surface area contributed by atoms with Crippen LogP contribution in [0.25, 0.3) is 0 Å². The second-order valence-electron chi connectivity index (χ2n) is 6.46. The van der Waals surface area contributed by atoms with Gasteiger partial charge >= 0.3 is 0 Å². The van der Waals surface area contributed by atoms with Gasteiger partial charge in [0.2, 0.25) is 0 Å².